The van der Waals surface area contributed by atoms with E-state index in [0.29, 0.717) is 19.4 Å². The number of ether oxygens (including phenoxy) is 1. The summed E-state index contributed by atoms with van der Waals surface area (Å²) in [6.07, 6.45) is 14.1. The highest BCUT2D eigenvalue weighted by Crippen LogP contribution is 2.38. The second-order valence-electron chi connectivity index (χ2n) is 15.3. The highest BCUT2D eigenvalue weighted by Gasteiger charge is 2.45. The topological polar surface area (TPSA) is 98.2 Å². The molecule has 1 fully saturated rings. The number of hydrogen-bond acceptors (Lipinski definition) is 7. The molecule has 1 saturated carbocycles. The Balaban J connectivity index is 1.57. The highest BCUT2D eigenvalue weighted by atomic mass is 16.6. The predicted octanol–water partition coefficient (Wildman–Crippen LogP) is 6.65. The number of nitrogens with zero attached hydrogens (tertiary/aromatic N) is 3. The van der Waals surface area contributed by atoms with E-state index < -0.39 is 36.2 Å². The first-order valence-corrected chi connectivity index (χ1v) is 17.1. The minimum Gasteiger partial charge on any atom is -0.444 e. The van der Waals surface area contributed by atoms with Gasteiger partial charge in [0.2, 0.25) is 0 Å². The van der Waals surface area contributed by atoms with Crippen LogP contribution < -0.4 is 5.32 Å². The lowest BCUT2D eigenvalue weighted by Gasteiger charge is -2.49. The molecule has 46 heavy (non-hydrogen) atoms. The number of amides is 1. The number of aliphatic hydroxyl groups excluding tert-OH is 2. The van der Waals surface area contributed by atoms with Gasteiger partial charge in [-0.25, -0.2) is 4.79 Å². The second-order valence-corrected chi connectivity index (χ2v) is 15.3. The van der Waals surface area contributed by atoms with Crippen LogP contribution in [0.3, 0.4) is 0 Å². The van der Waals surface area contributed by atoms with Crippen molar-refractivity contribution >= 4 is 6.09 Å². The maximum Gasteiger partial charge on any atom is 0.410 e. The molecule has 5 atom stereocenters. The standard InChI is InChI=1S/C38H54N4O4/c1-37(2,3)29-18-20-31(21-19-29)42(33(27-15-12-22-39-24-27)34(43)40-30-16-8-7-9-17-30)35(44)32-23-26-13-10-11-14-28(26)25-41(32)36(45)46-38(4,5)6/h10-15,18-20,22,24,30-35,40,43-44H,7-9,16-17,21,23,25H2,1-6H3/t31?,32-,33?,34?,35?/m1/s1. The number of benzene rings is 1. The monoisotopic (exact) mass is 630 g/mol. The van der Waals surface area contributed by atoms with Gasteiger partial charge in [-0.05, 0) is 80.2 Å². The average molecular weight is 631 g/mol. The molecule has 4 unspecified atom stereocenters. The molecule has 0 spiro atoms. The van der Waals surface area contributed by atoms with Gasteiger partial charge in [0, 0.05) is 31.0 Å². The summed E-state index contributed by atoms with van der Waals surface area (Å²) in [6, 6.07) is 10.6. The maximum atomic E-state index is 13.8. The van der Waals surface area contributed by atoms with Gasteiger partial charge in [0.1, 0.15) is 18.1 Å². The molecule has 3 N–H and O–H groups in total. The van der Waals surface area contributed by atoms with E-state index in [0.717, 1.165) is 42.4 Å². The molecule has 0 radical (unpaired) electrons. The third-order valence-electron chi connectivity index (χ3n) is 9.55. The molecular weight excluding hydrogens is 576 g/mol. The minimum absolute atomic E-state index is 0.0175. The van der Waals surface area contributed by atoms with Crippen LogP contribution in [0.25, 0.3) is 0 Å². The van der Waals surface area contributed by atoms with E-state index >= 15 is 0 Å². The zero-order valence-corrected chi connectivity index (χ0v) is 28.5. The number of rotatable bonds is 8. The van der Waals surface area contributed by atoms with Crippen molar-refractivity contribution in [1.82, 2.24) is 20.1 Å². The summed E-state index contributed by atoms with van der Waals surface area (Å²) < 4.78 is 5.90. The van der Waals surface area contributed by atoms with Crippen molar-refractivity contribution in [2.75, 3.05) is 0 Å². The fourth-order valence-corrected chi connectivity index (χ4v) is 7.16. The van der Waals surface area contributed by atoms with E-state index in [1.807, 2.05) is 56.0 Å². The van der Waals surface area contributed by atoms with Crippen molar-refractivity contribution in [1.29, 1.82) is 0 Å². The van der Waals surface area contributed by atoms with Crippen molar-refractivity contribution < 1.29 is 19.7 Å². The van der Waals surface area contributed by atoms with Crippen LogP contribution in [0.5, 0.6) is 0 Å². The molecule has 0 saturated heterocycles. The Morgan fingerprint density at radius 3 is 2.35 bits per heavy atom. The molecule has 1 amide bonds. The molecule has 2 heterocycles. The van der Waals surface area contributed by atoms with Gasteiger partial charge in [-0.3, -0.25) is 20.1 Å². The van der Waals surface area contributed by atoms with Crippen molar-refractivity contribution in [3.8, 4) is 0 Å². The SMILES string of the molecule is CC(C)(C)OC(=O)N1Cc2ccccc2C[C@@H]1C(O)N(C1C=CC(C(C)(C)C)=CC1)C(c1cccnc1)C(O)NC1CCCCC1. The van der Waals surface area contributed by atoms with Gasteiger partial charge in [0.05, 0.1) is 12.1 Å². The molecule has 8 heteroatoms. The molecule has 5 rings (SSSR count). The number of carbonyl (C=O) groups excluding carboxylic acids is 1. The third-order valence-corrected chi connectivity index (χ3v) is 9.55. The molecule has 3 aliphatic rings. The number of fused-ring (bicyclic) bond motifs is 1. The van der Waals surface area contributed by atoms with Crippen molar-refractivity contribution in [3.05, 3.63) is 89.3 Å². The Bertz CT molecular complexity index is 1370. The van der Waals surface area contributed by atoms with Gasteiger partial charge in [-0.1, -0.05) is 88.6 Å². The van der Waals surface area contributed by atoms with Crippen LogP contribution in [0.15, 0.2) is 72.6 Å². The molecule has 8 nitrogen and oxygen atoms in total. The van der Waals surface area contributed by atoms with Crippen LogP contribution in [0, 0.1) is 5.41 Å². The summed E-state index contributed by atoms with van der Waals surface area (Å²) in [4.78, 5) is 21.9. The molecule has 250 valence electrons. The van der Waals surface area contributed by atoms with E-state index in [1.54, 1.807) is 17.3 Å². The summed E-state index contributed by atoms with van der Waals surface area (Å²) in [7, 11) is 0. The number of aliphatic hydroxyl groups is 2. The summed E-state index contributed by atoms with van der Waals surface area (Å²) in [5.74, 6) is 0. The smallest absolute Gasteiger partial charge is 0.410 e. The van der Waals surface area contributed by atoms with Gasteiger partial charge in [-0.15, -0.1) is 0 Å². The van der Waals surface area contributed by atoms with E-state index in [9.17, 15) is 15.0 Å². The molecule has 1 aliphatic heterocycles. The third kappa shape index (κ3) is 8.26. The van der Waals surface area contributed by atoms with E-state index in [-0.39, 0.29) is 17.5 Å². The van der Waals surface area contributed by atoms with Crippen molar-refractivity contribution in [3.63, 3.8) is 0 Å². The van der Waals surface area contributed by atoms with Crippen LogP contribution in [-0.2, 0) is 17.7 Å². The van der Waals surface area contributed by atoms with Gasteiger partial charge in [0.15, 0.2) is 0 Å². The van der Waals surface area contributed by atoms with Crippen LogP contribution >= 0.6 is 0 Å². The molecule has 1 aromatic heterocycles. The lowest BCUT2D eigenvalue weighted by Crippen LogP contribution is -2.62. The van der Waals surface area contributed by atoms with Gasteiger partial charge in [0.25, 0.3) is 0 Å². The first kappa shape index (κ1) is 34.3. The first-order chi connectivity index (χ1) is 21.8. The fraction of sp³-hybridized carbons (Fsp3) is 0.579. The van der Waals surface area contributed by atoms with Crippen LogP contribution in [0.4, 0.5) is 4.79 Å². The number of hydrogen-bond donors (Lipinski definition) is 3. The normalized spacial score (nSPS) is 23.0. The Labute approximate surface area is 275 Å². The van der Waals surface area contributed by atoms with Gasteiger partial charge >= 0.3 is 6.09 Å². The minimum atomic E-state index is -1.13. The number of aromatic nitrogens is 1. The Kier molecular flexibility index (Phi) is 10.7. The van der Waals surface area contributed by atoms with E-state index in [1.165, 1.54) is 12.0 Å². The first-order valence-electron chi connectivity index (χ1n) is 17.1. The van der Waals surface area contributed by atoms with E-state index in [4.69, 9.17) is 4.74 Å². The lowest BCUT2D eigenvalue weighted by molar-refractivity contribution is -0.125. The Morgan fingerprint density at radius 2 is 1.74 bits per heavy atom. The largest absolute Gasteiger partial charge is 0.444 e. The van der Waals surface area contributed by atoms with Gasteiger partial charge in [-0.2, -0.15) is 0 Å². The molecule has 2 aromatic rings. The van der Waals surface area contributed by atoms with Crippen molar-refractivity contribution in [2.24, 2.45) is 5.41 Å². The average Bonchev–Trinajstić information content (AvgIpc) is 3.02. The van der Waals surface area contributed by atoms with Gasteiger partial charge < -0.3 is 14.9 Å². The van der Waals surface area contributed by atoms with E-state index in [2.05, 4.69) is 55.4 Å². The lowest BCUT2D eigenvalue weighted by atomic mass is 9.82. The molecular formula is C38H54N4O4. The zero-order valence-electron chi connectivity index (χ0n) is 28.5. The van der Waals surface area contributed by atoms with Crippen molar-refractivity contribution in [2.45, 2.75) is 135 Å². The summed E-state index contributed by atoms with van der Waals surface area (Å²) in [5, 5.41) is 28.3. The summed E-state index contributed by atoms with van der Waals surface area (Å²) >= 11 is 0. The number of allylic oxidation sites excluding steroid dienone is 2. The summed E-state index contributed by atoms with van der Waals surface area (Å²) in [5.41, 5.74) is 3.47. The fourth-order valence-electron chi connectivity index (χ4n) is 7.16. The number of carbonyl (C=O) groups is 1. The molecule has 0 bridgehead atoms. The Morgan fingerprint density at radius 1 is 1.02 bits per heavy atom. The number of nitrogens with one attached hydrogen (secondary N) is 1. The highest BCUT2D eigenvalue weighted by molar-refractivity contribution is 5.69. The van der Waals surface area contributed by atoms with Crippen LogP contribution in [0.1, 0.15) is 103 Å². The molecule has 2 aliphatic carbocycles. The number of pyridine rings is 1. The van der Waals surface area contributed by atoms with Crippen LogP contribution in [0.2, 0.25) is 0 Å². The second kappa shape index (κ2) is 14.4. The Hall–Kier alpha value is -3.04. The predicted molar refractivity (Wildman–Crippen MR) is 182 cm³/mol. The summed E-state index contributed by atoms with van der Waals surface area (Å²) in [6.45, 7) is 12.5. The quantitative estimate of drug-likeness (QED) is 0.281. The molecule has 1 aromatic carbocycles. The van der Waals surface area contributed by atoms with Crippen LogP contribution in [-0.4, -0.2) is 67.3 Å². The maximum absolute atomic E-state index is 13.8. The zero-order chi connectivity index (χ0) is 33.1.